The summed E-state index contributed by atoms with van der Waals surface area (Å²) in [6.07, 6.45) is -0.192. The fourth-order valence-corrected chi connectivity index (χ4v) is 6.68. The van der Waals surface area contributed by atoms with Crippen LogP contribution in [0.4, 0.5) is 5.69 Å². The van der Waals surface area contributed by atoms with Gasteiger partial charge in [-0.25, -0.2) is 8.42 Å². The summed E-state index contributed by atoms with van der Waals surface area (Å²) < 4.78 is 27.6. The molecule has 0 aliphatic carbocycles. The van der Waals surface area contributed by atoms with Crippen molar-refractivity contribution in [3.05, 3.63) is 29.8 Å². The quantitative estimate of drug-likeness (QED) is 0.441. The third kappa shape index (κ3) is 4.22. The molecule has 12 heteroatoms. The lowest BCUT2D eigenvalue weighted by molar-refractivity contribution is -0.134. The number of hydrazine groups is 1. The van der Waals surface area contributed by atoms with Crippen LogP contribution >= 0.6 is 0 Å². The monoisotopic (exact) mass is 464 g/mol. The molecule has 2 unspecified atom stereocenters. The Morgan fingerprint density at radius 2 is 1.66 bits per heavy atom. The van der Waals surface area contributed by atoms with Crippen LogP contribution in [-0.4, -0.2) is 84.9 Å². The number of anilines is 1. The highest BCUT2D eigenvalue weighted by Crippen LogP contribution is 2.22. The van der Waals surface area contributed by atoms with Gasteiger partial charge in [0.05, 0.1) is 17.7 Å². The van der Waals surface area contributed by atoms with E-state index in [2.05, 4.69) is 21.5 Å². The summed E-state index contributed by atoms with van der Waals surface area (Å²) in [5.41, 5.74) is 6.67. The fraction of sp³-hybridized carbons (Fsp3) is 0.550. The molecule has 3 aliphatic rings. The second-order valence-electron chi connectivity index (χ2n) is 8.42. The van der Waals surface area contributed by atoms with Crippen molar-refractivity contribution in [2.45, 2.75) is 43.6 Å². The van der Waals surface area contributed by atoms with Crippen molar-refractivity contribution in [2.24, 2.45) is 0 Å². The lowest BCUT2D eigenvalue weighted by Crippen LogP contribution is -2.56. The van der Waals surface area contributed by atoms with E-state index in [0.717, 1.165) is 0 Å². The molecule has 2 saturated heterocycles. The molecule has 3 atom stereocenters. The van der Waals surface area contributed by atoms with Crippen LogP contribution in [0.1, 0.15) is 30.6 Å². The summed E-state index contributed by atoms with van der Waals surface area (Å²) in [6.45, 7) is 4.50. The maximum atomic E-state index is 13.1. The van der Waals surface area contributed by atoms with E-state index in [1.165, 1.54) is 4.31 Å². The lowest BCUT2D eigenvalue weighted by Gasteiger charge is -2.36. The molecule has 2 fully saturated rings. The van der Waals surface area contributed by atoms with Crippen molar-refractivity contribution in [3.63, 3.8) is 0 Å². The first kappa shape index (κ1) is 22.6. The predicted molar refractivity (Wildman–Crippen MR) is 117 cm³/mol. The van der Waals surface area contributed by atoms with Crippen LogP contribution in [0.25, 0.3) is 0 Å². The Hall–Kier alpha value is -2.54. The Labute approximate surface area is 186 Å². The van der Waals surface area contributed by atoms with Crippen LogP contribution in [0.3, 0.4) is 0 Å². The average Bonchev–Trinajstić information content (AvgIpc) is 3.06. The van der Waals surface area contributed by atoms with E-state index in [0.29, 0.717) is 11.3 Å². The molecule has 0 bridgehead atoms. The number of para-hydroxylation sites is 1. The smallest absolute Gasteiger partial charge is 0.254 e. The van der Waals surface area contributed by atoms with Crippen LogP contribution in [0.15, 0.2) is 24.3 Å². The van der Waals surface area contributed by atoms with Crippen LogP contribution in [0, 0.1) is 0 Å². The zero-order chi connectivity index (χ0) is 23.0. The number of fused-ring (bicyclic) bond motifs is 1. The van der Waals surface area contributed by atoms with Crippen molar-refractivity contribution in [1.29, 1.82) is 0 Å². The van der Waals surface area contributed by atoms with Gasteiger partial charge in [0.25, 0.3) is 5.91 Å². The number of hydrogen-bond donors (Lipinski definition) is 4. The summed E-state index contributed by atoms with van der Waals surface area (Å²) in [5.74, 6) is -1.18. The van der Waals surface area contributed by atoms with Gasteiger partial charge in [0.15, 0.2) is 0 Å². The molecule has 0 aromatic heterocycles. The maximum absolute atomic E-state index is 13.1. The molecule has 4 N–H and O–H groups in total. The van der Waals surface area contributed by atoms with Gasteiger partial charge in [0, 0.05) is 38.3 Å². The second-order valence-corrected chi connectivity index (χ2v) is 10.5. The summed E-state index contributed by atoms with van der Waals surface area (Å²) in [7, 11) is -3.54. The molecule has 1 aromatic rings. The third-order valence-electron chi connectivity index (χ3n) is 6.25. The molecule has 1 aromatic carbocycles. The molecule has 11 nitrogen and oxygen atoms in total. The average molecular weight is 465 g/mol. The number of benzene rings is 1. The number of carbonyl (C=O) groups excluding carboxylic acids is 3. The van der Waals surface area contributed by atoms with E-state index in [1.807, 2.05) is 13.8 Å². The normalized spacial score (nSPS) is 29.1. The molecule has 4 rings (SSSR count). The molecular formula is C20H28N6O5S. The summed E-state index contributed by atoms with van der Waals surface area (Å²) in [6, 6.07) is 5.20. The van der Waals surface area contributed by atoms with E-state index in [-0.39, 0.29) is 50.6 Å². The van der Waals surface area contributed by atoms with Crippen molar-refractivity contribution < 1.29 is 22.8 Å². The number of rotatable bonds is 4. The van der Waals surface area contributed by atoms with Gasteiger partial charge in [-0.3, -0.25) is 25.2 Å². The molecule has 3 amide bonds. The van der Waals surface area contributed by atoms with Gasteiger partial charge >= 0.3 is 0 Å². The molecule has 0 saturated carbocycles. The number of nitrogens with one attached hydrogen (secondary N) is 4. The number of hydrogen-bond acceptors (Lipinski definition) is 7. The van der Waals surface area contributed by atoms with Gasteiger partial charge in [-0.1, -0.05) is 12.1 Å². The Balaban J connectivity index is 1.36. The van der Waals surface area contributed by atoms with Crippen LogP contribution in [0.5, 0.6) is 0 Å². The minimum absolute atomic E-state index is 0.192. The van der Waals surface area contributed by atoms with Gasteiger partial charge < -0.3 is 15.5 Å². The van der Waals surface area contributed by atoms with E-state index in [9.17, 15) is 22.8 Å². The standard InChI is InChI=1S/C20H28N6O5S/c1-12-18(13(2)24-23-12)32(30,31)26-9-7-25(8-10-26)17(27)11-16-20(29)21-15-6-4-3-5-14(15)19(28)22-16/h3-6,12-13,16,18,23-24H,7-11H2,1-2H3,(H,21,29)(H,22,28)/t12?,13?,16-,18?/m0/s1. The largest absolute Gasteiger partial charge is 0.340 e. The maximum Gasteiger partial charge on any atom is 0.254 e. The number of nitrogens with zero attached hydrogens (tertiary/aromatic N) is 2. The molecule has 174 valence electrons. The van der Waals surface area contributed by atoms with Gasteiger partial charge in [-0.05, 0) is 26.0 Å². The van der Waals surface area contributed by atoms with E-state index in [4.69, 9.17) is 0 Å². The van der Waals surface area contributed by atoms with E-state index < -0.39 is 33.1 Å². The first-order chi connectivity index (χ1) is 15.2. The third-order valence-corrected chi connectivity index (χ3v) is 8.84. The van der Waals surface area contributed by atoms with E-state index in [1.54, 1.807) is 29.2 Å². The lowest BCUT2D eigenvalue weighted by atomic mass is 10.1. The highest BCUT2D eigenvalue weighted by molar-refractivity contribution is 7.89. The van der Waals surface area contributed by atoms with Gasteiger partial charge in [-0.2, -0.15) is 4.31 Å². The first-order valence-electron chi connectivity index (χ1n) is 10.7. The minimum Gasteiger partial charge on any atom is -0.340 e. The van der Waals surface area contributed by atoms with Crippen molar-refractivity contribution in [3.8, 4) is 0 Å². The summed E-state index contributed by atoms with van der Waals surface area (Å²) >= 11 is 0. The highest BCUT2D eigenvalue weighted by atomic mass is 32.2. The highest BCUT2D eigenvalue weighted by Gasteiger charge is 2.44. The van der Waals surface area contributed by atoms with Gasteiger partial charge in [0.2, 0.25) is 21.8 Å². The van der Waals surface area contributed by atoms with Crippen LogP contribution < -0.4 is 21.5 Å². The first-order valence-corrected chi connectivity index (χ1v) is 12.2. The van der Waals surface area contributed by atoms with Gasteiger partial charge in [0.1, 0.15) is 11.3 Å². The van der Waals surface area contributed by atoms with Crippen LogP contribution in [0.2, 0.25) is 0 Å². The minimum atomic E-state index is -3.54. The molecule has 0 radical (unpaired) electrons. The fourth-order valence-electron chi connectivity index (χ4n) is 4.50. The number of amides is 3. The molecular weight excluding hydrogens is 436 g/mol. The molecule has 0 spiro atoms. The predicted octanol–water partition coefficient (Wildman–Crippen LogP) is -1.15. The zero-order valence-electron chi connectivity index (χ0n) is 18.0. The SMILES string of the molecule is CC1NNC(C)C1S(=O)(=O)N1CCN(C(=O)C[C@@H]2NC(=O)c3ccccc3NC2=O)CC1. The van der Waals surface area contributed by atoms with Crippen molar-refractivity contribution in [1.82, 2.24) is 25.4 Å². The summed E-state index contributed by atoms with van der Waals surface area (Å²) in [5, 5.41) is 4.71. The molecule has 3 heterocycles. The van der Waals surface area contributed by atoms with Gasteiger partial charge in [-0.15, -0.1) is 0 Å². The molecule has 32 heavy (non-hydrogen) atoms. The topological polar surface area (TPSA) is 140 Å². The van der Waals surface area contributed by atoms with Crippen molar-refractivity contribution >= 4 is 33.4 Å². The van der Waals surface area contributed by atoms with E-state index >= 15 is 0 Å². The van der Waals surface area contributed by atoms with Crippen molar-refractivity contribution in [2.75, 3.05) is 31.5 Å². The Bertz CT molecular complexity index is 1010. The Morgan fingerprint density at radius 1 is 1.03 bits per heavy atom. The Morgan fingerprint density at radius 3 is 2.31 bits per heavy atom. The number of piperazine rings is 1. The zero-order valence-corrected chi connectivity index (χ0v) is 18.8. The number of sulfonamides is 1. The molecule has 3 aliphatic heterocycles. The Kier molecular flexibility index (Phi) is 6.21. The second kappa shape index (κ2) is 8.77. The summed E-state index contributed by atoms with van der Waals surface area (Å²) in [4.78, 5) is 39.3. The number of carbonyl (C=O) groups is 3. The van der Waals surface area contributed by atoms with Crippen LogP contribution in [-0.2, 0) is 19.6 Å².